The van der Waals surface area contributed by atoms with E-state index < -0.39 is 0 Å². The number of rotatable bonds is 4. The second kappa shape index (κ2) is 6.26. The Morgan fingerprint density at radius 3 is 2.89 bits per heavy atom. The molecule has 3 N–H and O–H groups in total. The van der Waals surface area contributed by atoms with E-state index in [1.54, 1.807) is 7.11 Å². The van der Waals surface area contributed by atoms with Gasteiger partial charge in [-0.05, 0) is 37.1 Å². The third-order valence-corrected chi connectivity index (χ3v) is 2.85. The number of nitrogens with zero attached hydrogens (tertiary/aromatic N) is 1. The zero-order valence-corrected chi connectivity index (χ0v) is 10.6. The van der Waals surface area contributed by atoms with E-state index in [2.05, 4.69) is 10.3 Å². The molecule has 0 aromatic heterocycles. The zero-order valence-electron chi connectivity index (χ0n) is 10.6. The number of nitrogens with two attached hydrogens (primary N) is 1. The molecule has 2 rings (SSSR count). The number of ether oxygens (including phenoxy) is 2. The summed E-state index contributed by atoms with van der Waals surface area (Å²) in [6.07, 6.45) is 2.41. The summed E-state index contributed by atoms with van der Waals surface area (Å²) in [4.78, 5) is 4.27. The van der Waals surface area contributed by atoms with Gasteiger partial charge in [0.15, 0.2) is 5.96 Å². The van der Waals surface area contributed by atoms with E-state index in [1.165, 1.54) is 0 Å². The summed E-state index contributed by atoms with van der Waals surface area (Å²) in [6.45, 7) is 1.46. The van der Waals surface area contributed by atoms with Crippen LogP contribution in [0.25, 0.3) is 0 Å². The summed E-state index contributed by atoms with van der Waals surface area (Å²) in [6, 6.07) is 7.53. The molecule has 0 unspecified atom stereocenters. The molecule has 1 fully saturated rings. The first-order valence-corrected chi connectivity index (χ1v) is 6.10. The maximum absolute atomic E-state index is 5.81. The molecule has 1 atom stereocenters. The number of benzene rings is 1. The molecular formula is C13H19N3O2. The Morgan fingerprint density at radius 1 is 1.50 bits per heavy atom. The first kappa shape index (κ1) is 12.7. The lowest BCUT2D eigenvalue weighted by Crippen LogP contribution is -2.24. The smallest absolute Gasteiger partial charge is 0.193 e. The summed E-state index contributed by atoms with van der Waals surface area (Å²) in [7, 11) is 1.64. The topological polar surface area (TPSA) is 68.9 Å². The Hall–Kier alpha value is -1.75. The number of nitrogens with one attached hydrogen (secondary N) is 1. The Balaban J connectivity index is 1.84. The normalized spacial score (nSPS) is 19.8. The minimum atomic E-state index is 0.223. The van der Waals surface area contributed by atoms with Gasteiger partial charge in [0.25, 0.3) is 0 Å². The van der Waals surface area contributed by atoms with Gasteiger partial charge in [-0.15, -0.1) is 0 Å². The monoisotopic (exact) mass is 249 g/mol. The van der Waals surface area contributed by atoms with E-state index >= 15 is 0 Å². The fourth-order valence-electron chi connectivity index (χ4n) is 1.85. The second-order valence-corrected chi connectivity index (χ2v) is 4.21. The summed E-state index contributed by atoms with van der Waals surface area (Å²) < 4.78 is 10.6. The standard InChI is InChI=1S/C13H19N3O2/c1-17-11-6-4-10(5-7-11)16-13(14)15-9-12-3-2-8-18-12/h4-7,12H,2-3,8-9H2,1H3,(H3,14,15,16)/t12-/m1/s1. The largest absolute Gasteiger partial charge is 0.497 e. The molecule has 0 amide bonds. The van der Waals surface area contributed by atoms with Crippen molar-refractivity contribution in [1.29, 1.82) is 0 Å². The fourth-order valence-corrected chi connectivity index (χ4v) is 1.85. The predicted octanol–water partition coefficient (Wildman–Crippen LogP) is 1.60. The Labute approximate surface area is 107 Å². The number of anilines is 1. The highest BCUT2D eigenvalue weighted by molar-refractivity contribution is 5.92. The van der Waals surface area contributed by atoms with Crippen molar-refractivity contribution in [2.75, 3.05) is 25.6 Å². The molecule has 1 heterocycles. The van der Waals surface area contributed by atoms with Gasteiger partial charge >= 0.3 is 0 Å². The van der Waals surface area contributed by atoms with Gasteiger partial charge in [-0.1, -0.05) is 0 Å². The molecule has 1 aromatic carbocycles. The van der Waals surface area contributed by atoms with E-state index in [-0.39, 0.29) is 6.10 Å². The van der Waals surface area contributed by atoms with Gasteiger partial charge in [-0.25, -0.2) is 0 Å². The predicted molar refractivity (Wildman–Crippen MR) is 72.1 cm³/mol. The van der Waals surface area contributed by atoms with Crippen molar-refractivity contribution in [2.45, 2.75) is 18.9 Å². The van der Waals surface area contributed by atoms with Crippen LogP contribution in [0.3, 0.4) is 0 Å². The molecule has 0 radical (unpaired) electrons. The van der Waals surface area contributed by atoms with Crippen LogP contribution in [0.15, 0.2) is 29.3 Å². The highest BCUT2D eigenvalue weighted by Crippen LogP contribution is 2.15. The van der Waals surface area contributed by atoms with Crippen LogP contribution in [-0.4, -0.2) is 32.3 Å². The minimum Gasteiger partial charge on any atom is -0.497 e. The Bertz CT molecular complexity index is 397. The van der Waals surface area contributed by atoms with Crippen LogP contribution < -0.4 is 15.8 Å². The van der Waals surface area contributed by atoms with Gasteiger partial charge in [0, 0.05) is 12.3 Å². The molecule has 5 heteroatoms. The van der Waals surface area contributed by atoms with E-state index in [1.807, 2.05) is 24.3 Å². The maximum Gasteiger partial charge on any atom is 0.193 e. The molecule has 98 valence electrons. The highest BCUT2D eigenvalue weighted by atomic mass is 16.5. The molecule has 1 aromatic rings. The summed E-state index contributed by atoms with van der Waals surface area (Å²) in [5, 5.41) is 3.03. The second-order valence-electron chi connectivity index (χ2n) is 4.21. The van der Waals surface area contributed by atoms with Crippen LogP contribution in [-0.2, 0) is 4.74 Å². The van der Waals surface area contributed by atoms with Gasteiger partial charge in [-0.2, -0.15) is 0 Å². The minimum absolute atomic E-state index is 0.223. The number of methoxy groups -OCH3 is 1. The van der Waals surface area contributed by atoms with Crippen LogP contribution >= 0.6 is 0 Å². The van der Waals surface area contributed by atoms with E-state index in [4.69, 9.17) is 15.2 Å². The average Bonchev–Trinajstić information content (AvgIpc) is 2.90. The van der Waals surface area contributed by atoms with E-state index in [0.717, 1.165) is 30.9 Å². The van der Waals surface area contributed by atoms with E-state index in [9.17, 15) is 0 Å². The van der Waals surface area contributed by atoms with Gasteiger partial charge in [0.2, 0.25) is 0 Å². The van der Waals surface area contributed by atoms with E-state index in [0.29, 0.717) is 12.5 Å². The molecule has 0 saturated carbocycles. The zero-order chi connectivity index (χ0) is 12.8. The van der Waals surface area contributed by atoms with Crippen molar-refractivity contribution >= 4 is 11.6 Å². The van der Waals surface area contributed by atoms with Crippen LogP contribution in [0.2, 0.25) is 0 Å². The third-order valence-electron chi connectivity index (χ3n) is 2.85. The Kier molecular flexibility index (Phi) is 4.41. The lowest BCUT2D eigenvalue weighted by Gasteiger charge is -2.08. The van der Waals surface area contributed by atoms with Crippen LogP contribution in [0.1, 0.15) is 12.8 Å². The molecule has 5 nitrogen and oxygen atoms in total. The van der Waals surface area contributed by atoms with Crippen LogP contribution in [0.5, 0.6) is 5.75 Å². The van der Waals surface area contributed by atoms with Crippen molar-refractivity contribution in [3.05, 3.63) is 24.3 Å². The first-order valence-electron chi connectivity index (χ1n) is 6.10. The third kappa shape index (κ3) is 3.63. The number of guanidine groups is 1. The number of hydrogen-bond acceptors (Lipinski definition) is 3. The van der Waals surface area contributed by atoms with Crippen molar-refractivity contribution < 1.29 is 9.47 Å². The lowest BCUT2D eigenvalue weighted by atomic mass is 10.2. The van der Waals surface area contributed by atoms with Gasteiger partial charge in [-0.3, -0.25) is 4.99 Å². The molecule has 0 spiro atoms. The average molecular weight is 249 g/mol. The number of hydrogen-bond donors (Lipinski definition) is 2. The number of aliphatic imine (C=N–C) groups is 1. The maximum atomic E-state index is 5.81. The van der Waals surface area contributed by atoms with Crippen LogP contribution in [0, 0.1) is 0 Å². The summed E-state index contributed by atoms with van der Waals surface area (Å²) in [5.74, 6) is 1.23. The summed E-state index contributed by atoms with van der Waals surface area (Å²) >= 11 is 0. The van der Waals surface area contributed by atoms with Gasteiger partial charge in [0.05, 0.1) is 19.8 Å². The molecule has 0 bridgehead atoms. The lowest BCUT2D eigenvalue weighted by molar-refractivity contribution is 0.118. The van der Waals surface area contributed by atoms with Crippen molar-refractivity contribution in [1.82, 2.24) is 0 Å². The van der Waals surface area contributed by atoms with Gasteiger partial charge < -0.3 is 20.5 Å². The molecule has 18 heavy (non-hydrogen) atoms. The highest BCUT2D eigenvalue weighted by Gasteiger charge is 2.14. The summed E-state index contributed by atoms with van der Waals surface area (Å²) in [5.41, 5.74) is 6.70. The quantitative estimate of drug-likeness (QED) is 0.628. The molecule has 0 aliphatic carbocycles. The first-order chi connectivity index (χ1) is 8.78. The Morgan fingerprint density at radius 2 is 2.28 bits per heavy atom. The molecule has 1 aliphatic rings. The molecule has 1 aliphatic heterocycles. The van der Waals surface area contributed by atoms with Gasteiger partial charge in [0.1, 0.15) is 5.75 Å². The SMILES string of the molecule is COc1ccc(NC(N)=NC[C@H]2CCCO2)cc1. The van der Waals surface area contributed by atoms with Crippen molar-refractivity contribution in [3.63, 3.8) is 0 Å². The van der Waals surface area contributed by atoms with Crippen molar-refractivity contribution in [3.8, 4) is 5.75 Å². The fraction of sp³-hybridized carbons (Fsp3) is 0.462. The van der Waals surface area contributed by atoms with Crippen molar-refractivity contribution in [2.24, 2.45) is 10.7 Å². The van der Waals surface area contributed by atoms with Crippen LogP contribution in [0.4, 0.5) is 5.69 Å². The molecular weight excluding hydrogens is 230 g/mol. The molecule has 1 saturated heterocycles.